The van der Waals surface area contributed by atoms with E-state index in [-0.39, 0.29) is 42.9 Å². The van der Waals surface area contributed by atoms with E-state index < -0.39 is 17.5 Å². The van der Waals surface area contributed by atoms with Gasteiger partial charge in [0, 0.05) is 24.2 Å². The maximum Gasteiger partial charge on any atom is 0.254 e. The number of hydrogen-bond donors (Lipinski definition) is 1. The SMILES string of the molecule is O=C(NCc1nc(-c2ccccc2)no1)C1CN(C(=O)c2ccc(F)c(F)c2)C1. The molecule has 2 aromatic carbocycles. The van der Waals surface area contributed by atoms with Gasteiger partial charge in [0.2, 0.25) is 17.6 Å². The molecule has 3 aromatic rings. The van der Waals surface area contributed by atoms with E-state index in [4.69, 9.17) is 4.52 Å². The van der Waals surface area contributed by atoms with Gasteiger partial charge in [-0.05, 0) is 18.2 Å². The lowest BCUT2D eigenvalue weighted by molar-refractivity contribution is -0.129. The minimum atomic E-state index is -1.08. The van der Waals surface area contributed by atoms with Crippen LogP contribution in [-0.4, -0.2) is 39.9 Å². The summed E-state index contributed by atoms with van der Waals surface area (Å²) in [5.41, 5.74) is 0.848. The van der Waals surface area contributed by atoms with Crippen LogP contribution in [0.1, 0.15) is 16.2 Å². The van der Waals surface area contributed by atoms with Crippen LogP contribution in [0.15, 0.2) is 53.1 Å². The summed E-state index contributed by atoms with van der Waals surface area (Å²) in [7, 11) is 0. The van der Waals surface area contributed by atoms with Crippen molar-refractivity contribution in [2.24, 2.45) is 5.92 Å². The molecule has 29 heavy (non-hydrogen) atoms. The number of hydrogen-bond acceptors (Lipinski definition) is 5. The standard InChI is InChI=1S/C20H16F2N4O3/c21-15-7-6-13(8-16(15)22)20(28)26-10-14(11-26)19(27)23-9-17-24-18(25-29-17)12-4-2-1-3-5-12/h1-8,14H,9-11H2,(H,23,27). The highest BCUT2D eigenvalue weighted by molar-refractivity contribution is 5.96. The Balaban J connectivity index is 1.27. The number of rotatable bonds is 5. The monoisotopic (exact) mass is 398 g/mol. The van der Waals surface area contributed by atoms with Gasteiger partial charge < -0.3 is 14.7 Å². The molecule has 1 aliphatic heterocycles. The molecule has 4 rings (SSSR count). The molecule has 9 heteroatoms. The predicted molar refractivity (Wildman–Crippen MR) is 97.3 cm³/mol. The predicted octanol–water partition coefficient (Wildman–Crippen LogP) is 2.40. The molecule has 2 heterocycles. The van der Waals surface area contributed by atoms with Crippen molar-refractivity contribution in [2.45, 2.75) is 6.54 Å². The molecule has 1 N–H and O–H groups in total. The van der Waals surface area contributed by atoms with Gasteiger partial charge in [-0.25, -0.2) is 8.78 Å². The van der Waals surface area contributed by atoms with Gasteiger partial charge in [-0.3, -0.25) is 9.59 Å². The van der Waals surface area contributed by atoms with Gasteiger partial charge >= 0.3 is 0 Å². The second-order valence-corrected chi connectivity index (χ2v) is 6.63. The van der Waals surface area contributed by atoms with Crippen molar-refractivity contribution in [1.82, 2.24) is 20.4 Å². The maximum absolute atomic E-state index is 13.3. The van der Waals surface area contributed by atoms with Crippen LogP contribution in [0, 0.1) is 17.6 Å². The Bertz CT molecular complexity index is 1050. The molecule has 1 fully saturated rings. The number of nitrogens with one attached hydrogen (secondary N) is 1. The molecule has 0 unspecified atom stereocenters. The van der Waals surface area contributed by atoms with E-state index >= 15 is 0 Å². The van der Waals surface area contributed by atoms with Crippen molar-refractivity contribution >= 4 is 11.8 Å². The molecule has 0 saturated carbocycles. The highest BCUT2D eigenvalue weighted by Crippen LogP contribution is 2.20. The molecule has 0 bridgehead atoms. The summed E-state index contributed by atoms with van der Waals surface area (Å²) in [5, 5.41) is 6.58. The first-order valence-electron chi connectivity index (χ1n) is 8.91. The average molecular weight is 398 g/mol. The molecule has 148 valence electrons. The highest BCUT2D eigenvalue weighted by atomic mass is 19.2. The summed E-state index contributed by atoms with van der Waals surface area (Å²) in [5.74, 6) is -2.48. The normalized spacial score (nSPS) is 13.8. The van der Waals surface area contributed by atoms with Gasteiger partial charge in [0.05, 0.1) is 12.5 Å². The second kappa shape index (κ2) is 7.78. The first-order chi connectivity index (χ1) is 14.0. The maximum atomic E-state index is 13.3. The lowest BCUT2D eigenvalue weighted by atomic mass is 9.98. The van der Waals surface area contributed by atoms with E-state index in [1.165, 1.54) is 11.0 Å². The minimum absolute atomic E-state index is 0.0436. The van der Waals surface area contributed by atoms with Crippen LogP contribution in [0.25, 0.3) is 11.4 Å². The number of carbonyl (C=O) groups is 2. The third-order valence-electron chi connectivity index (χ3n) is 4.62. The number of nitrogens with zero attached hydrogens (tertiary/aromatic N) is 3. The van der Waals surface area contributed by atoms with Crippen molar-refractivity contribution < 1.29 is 22.9 Å². The Hall–Kier alpha value is -3.62. The third-order valence-corrected chi connectivity index (χ3v) is 4.62. The van der Waals surface area contributed by atoms with Crippen molar-refractivity contribution in [3.63, 3.8) is 0 Å². The molecular formula is C20H16F2N4O3. The van der Waals surface area contributed by atoms with Gasteiger partial charge in [-0.1, -0.05) is 35.5 Å². The first kappa shape index (κ1) is 18.7. The molecule has 0 spiro atoms. The van der Waals surface area contributed by atoms with Crippen LogP contribution in [0.3, 0.4) is 0 Å². The van der Waals surface area contributed by atoms with E-state index in [0.717, 1.165) is 17.7 Å². The van der Waals surface area contributed by atoms with E-state index in [0.29, 0.717) is 5.82 Å². The third kappa shape index (κ3) is 3.98. The van der Waals surface area contributed by atoms with E-state index in [9.17, 15) is 18.4 Å². The quantitative estimate of drug-likeness (QED) is 0.713. The minimum Gasteiger partial charge on any atom is -0.347 e. The molecular weight excluding hydrogens is 382 g/mol. The Labute approximate surface area is 164 Å². The van der Waals surface area contributed by atoms with Crippen molar-refractivity contribution in [2.75, 3.05) is 13.1 Å². The summed E-state index contributed by atoms with van der Waals surface area (Å²) in [6.07, 6.45) is 0. The first-order valence-corrected chi connectivity index (χ1v) is 8.91. The zero-order chi connectivity index (χ0) is 20.4. The molecule has 0 radical (unpaired) electrons. The second-order valence-electron chi connectivity index (χ2n) is 6.63. The lowest BCUT2D eigenvalue weighted by Gasteiger charge is -2.38. The van der Waals surface area contributed by atoms with Gasteiger partial charge in [-0.2, -0.15) is 4.98 Å². The summed E-state index contributed by atoms with van der Waals surface area (Å²) in [4.78, 5) is 30.1. The summed E-state index contributed by atoms with van der Waals surface area (Å²) < 4.78 is 31.4. The van der Waals surface area contributed by atoms with Gasteiger partial charge in [-0.15, -0.1) is 0 Å². The fraction of sp³-hybridized carbons (Fsp3) is 0.200. The molecule has 1 aromatic heterocycles. The van der Waals surface area contributed by atoms with Crippen LogP contribution >= 0.6 is 0 Å². The highest BCUT2D eigenvalue weighted by Gasteiger charge is 2.36. The molecule has 1 saturated heterocycles. The molecule has 1 aliphatic rings. The lowest BCUT2D eigenvalue weighted by Crippen LogP contribution is -2.55. The van der Waals surface area contributed by atoms with Gasteiger partial charge in [0.15, 0.2) is 11.6 Å². The Morgan fingerprint density at radius 2 is 1.86 bits per heavy atom. The number of benzene rings is 2. The van der Waals surface area contributed by atoms with E-state index in [2.05, 4.69) is 15.5 Å². The van der Waals surface area contributed by atoms with Crippen LogP contribution in [0.2, 0.25) is 0 Å². The van der Waals surface area contributed by atoms with Gasteiger partial charge in [0.25, 0.3) is 5.91 Å². The zero-order valence-electron chi connectivity index (χ0n) is 15.1. The van der Waals surface area contributed by atoms with Crippen molar-refractivity contribution in [3.05, 3.63) is 71.6 Å². The number of amides is 2. The van der Waals surface area contributed by atoms with Crippen LogP contribution in [0.5, 0.6) is 0 Å². The largest absolute Gasteiger partial charge is 0.347 e. The molecule has 7 nitrogen and oxygen atoms in total. The molecule has 0 atom stereocenters. The average Bonchev–Trinajstić information content (AvgIpc) is 3.17. The van der Waals surface area contributed by atoms with E-state index in [1.54, 1.807) is 0 Å². The van der Waals surface area contributed by atoms with Crippen LogP contribution in [-0.2, 0) is 11.3 Å². The zero-order valence-corrected chi connectivity index (χ0v) is 15.1. The number of halogens is 2. The molecule has 0 aliphatic carbocycles. The Morgan fingerprint density at radius 1 is 1.10 bits per heavy atom. The Kier molecular flexibility index (Phi) is 5.03. The number of likely N-dealkylation sites (tertiary alicyclic amines) is 1. The summed E-state index contributed by atoms with van der Waals surface area (Å²) >= 11 is 0. The molecule has 2 amide bonds. The summed E-state index contributed by atoms with van der Waals surface area (Å²) in [6, 6.07) is 12.3. The fourth-order valence-electron chi connectivity index (χ4n) is 2.96. The number of aromatic nitrogens is 2. The van der Waals surface area contributed by atoms with Crippen LogP contribution in [0.4, 0.5) is 8.78 Å². The topological polar surface area (TPSA) is 88.3 Å². The van der Waals surface area contributed by atoms with Gasteiger partial charge in [0.1, 0.15) is 0 Å². The fourth-order valence-corrected chi connectivity index (χ4v) is 2.96. The van der Waals surface area contributed by atoms with Crippen molar-refractivity contribution in [1.29, 1.82) is 0 Å². The van der Waals surface area contributed by atoms with Crippen LogP contribution < -0.4 is 5.32 Å². The number of carbonyl (C=O) groups excluding carboxylic acids is 2. The smallest absolute Gasteiger partial charge is 0.254 e. The Morgan fingerprint density at radius 3 is 2.59 bits per heavy atom. The summed E-state index contributed by atoms with van der Waals surface area (Å²) in [6.45, 7) is 0.470. The van der Waals surface area contributed by atoms with E-state index in [1.807, 2.05) is 30.3 Å². The van der Waals surface area contributed by atoms with Crippen molar-refractivity contribution in [3.8, 4) is 11.4 Å².